The third-order valence-corrected chi connectivity index (χ3v) is 3.26. The first kappa shape index (κ1) is 11.1. The maximum atomic E-state index is 13.0. The lowest BCUT2D eigenvalue weighted by atomic mass is 10.2. The first-order chi connectivity index (χ1) is 5.41. The van der Waals surface area contributed by atoms with E-state index < -0.39 is 2.14 Å². The molecule has 12 heavy (non-hydrogen) atoms. The lowest BCUT2D eigenvalue weighted by molar-refractivity contribution is 0.619. The molecule has 1 aromatic carbocycles. The van der Waals surface area contributed by atoms with E-state index in [-0.39, 0.29) is 5.82 Å². The Hall–Kier alpha value is 1.07. The Kier molecular flexibility index (Phi) is 3.78. The van der Waals surface area contributed by atoms with Crippen molar-refractivity contribution in [2.24, 2.45) is 0 Å². The molecule has 0 aliphatic rings. The third kappa shape index (κ3) is 2.79. The highest BCUT2D eigenvalue weighted by Crippen LogP contribution is 2.44. The maximum Gasteiger partial charge on any atom is 0.159 e. The van der Waals surface area contributed by atoms with Crippen LogP contribution in [0.5, 0.6) is 0 Å². The van der Waals surface area contributed by atoms with Gasteiger partial charge in [-0.1, -0.05) is 53.9 Å². The number of alkyl halides is 3. The van der Waals surface area contributed by atoms with E-state index >= 15 is 0 Å². The molecule has 0 aliphatic carbocycles. The zero-order chi connectivity index (χ0) is 9.35. The van der Waals surface area contributed by atoms with Gasteiger partial charge < -0.3 is 0 Å². The maximum absolute atomic E-state index is 13.0. The van der Waals surface area contributed by atoms with E-state index in [0.717, 1.165) is 5.56 Å². The molecule has 0 radical (unpaired) electrons. The van der Waals surface area contributed by atoms with Crippen LogP contribution in [0.3, 0.4) is 0 Å². The van der Waals surface area contributed by atoms with E-state index in [1.807, 2.05) is 0 Å². The Labute approximate surface area is 103 Å². The SMILES string of the molecule is Fc1cc(C(Br)(Br)Br)ccc1Br. The normalized spacial score (nSPS) is 11.8. The molecule has 0 unspecified atom stereocenters. The van der Waals surface area contributed by atoms with Gasteiger partial charge in [-0.05, 0) is 33.6 Å². The van der Waals surface area contributed by atoms with Crippen molar-refractivity contribution in [1.82, 2.24) is 0 Å². The van der Waals surface area contributed by atoms with Crippen molar-refractivity contribution in [3.05, 3.63) is 34.1 Å². The molecule has 0 aromatic heterocycles. The summed E-state index contributed by atoms with van der Waals surface area (Å²) in [5.74, 6) is -0.282. The van der Waals surface area contributed by atoms with Gasteiger partial charge in [0.25, 0.3) is 0 Å². The molecular weight excluding hydrogens is 423 g/mol. The lowest BCUT2D eigenvalue weighted by Gasteiger charge is -2.12. The van der Waals surface area contributed by atoms with Crippen LogP contribution < -0.4 is 0 Å². The van der Waals surface area contributed by atoms with Crippen molar-refractivity contribution in [2.45, 2.75) is 2.14 Å². The molecule has 0 N–H and O–H groups in total. The highest BCUT2D eigenvalue weighted by Gasteiger charge is 2.21. The van der Waals surface area contributed by atoms with Crippen molar-refractivity contribution in [3.63, 3.8) is 0 Å². The number of benzene rings is 1. The van der Waals surface area contributed by atoms with Gasteiger partial charge in [-0.15, -0.1) is 0 Å². The molecule has 1 rings (SSSR count). The van der Waals surface area contributed by atoms with Crippen LogP contribution in [0.25, 0.3) is 0 Å². The van der Waals surface area contributed by atoms with Crippen LogP contribution in [-0.4, -0.2) is 0 Å². The van der Waals surface area contributed by atoms with Gasteiger partial charge in [0.05, 0.1) is 4.47 Å². The predicted octanol–water partition coefficient (Wildman–Crippen LogP) is 4.88. The molecule has 0 heterocycles. The van der Waals surface area contributed by atoms with E-state index in [0.29, 0.717) is 4.47 Å². The molecule has 0 saturated heterocycles. The van der Waals surface area contributed by atoms with Gasteiger partial charge in [0, 0.05) is 0 Å². The van der Waals surface area contributed by atoms with Crippen LogP contribution in [0, 0.1) is 5.82 Å². The highest BCUT2D eigenvalue weighted by molar-refractivity contribution is 9.38. The summed E-state index contributed by atoms with van der Waals surface area (Å²) in [7, 11) is 0. The molecule has 1 aromatic rings. The van der Waals surface area contributed by atoms with Crippen LogP contribution in [0.1, 0.15) is 5.56 Å². The van der Waals surface area contributed by atoms with E-state index in [1.54, 1.807) is 12.1 Å². The topological polar surface area (TPSA) is 0 Å². The predicted molar refractivity (Wildman–Crippen MR) is 62.6 cm³/mol. The molecule has 0 saturated carbocycles. The van der Waals surface area contributed by atoms with Crippen LogP contribution >= 0.6 is 63.7 Å². The minimum atomic E-state index is -0.547. The number of rotatable bonds is 0. The Bertz CT molecular complexity index is 292. The summed E-state index contributed by atoms with van der Waals surface area (Å²) in [5, 5.41) is 0. The quantitative estimate of drug-likeness (QED) is 0.520. The molecule has 0 amide bonds. The lowest BCUT2D eigenvalue weighted by Crippen LogP contribution is -1.97. The van der Waals surface area contributed by atoms with Crippen molar-refractivity contribution < 1.29 is 4.39 Å². The third-order valence-electron chi connectivity index (χ3n) is 1.25. The molecule has 0 nitrogen and oxygen atoms in total. The first-order valence-electron chi connectivity index (χ1n) is 2.93. The molecule has 0 spiro atoms. The van der Waals surface area contributed by atoms with Gasteiger partial charge >= 0.3 is 0 Å². The van der Waals surface area contributed by atoms with E-state index in [9.17, 15) is 4.39 Å². The van der Waals surface area contributed by atoms with E-state index in [2.05, 4.69) is 63.7 Å². The number of hydrogen-bond donors (Lipinski definition) is 0. The van der Waals surface area contributed by atoms with Gasteiger partial charge in [-0.2, -0.15) is 0 Å². The van der Waals surface area contributed by atoms with Crippen molar-refractivity contribution in [1.29, 1.82) is 0 Å². The number of halogens is 5. The first-order valence-corrected chi connectivity index (χ1v) is 6.10. The molecule has 66 valence electrons. The van der Waals surface area contributed by atoms with Crippen LogP contribution in [0.15, 0.2) is 22.7 Å². The Balaban J connectivity index is 3.14. The van der Waals surface area contributed by atoms with Crippen molar-refractivity contribution in [3.8, 4) is 0 Å². The monoisotopic (exact) mass is 422 g/mol. The minimum Gasteiger partial charge on any atom is -0.206 e. The Morgan fingerprint density at radius 1 is 1.17 bits per heavy atom. The van der Waals surface area contributed by atoms with E-state index in [4.69, 9.17) is 0 Å². The zero-order valence-electron chi connectivity index (χ0n) is 5.62. The average Bonchev–Trinajstić information content (AvgIpc) is 1.92. The largest absolute Gasteiger partial charge is 0.206 e. The summed E-state index contributed by atoms with van der Waals surface area (Å²) in [6.07, 6.45) is 0. The van der Waals surface area contributed by atoms with Gasteiger partial charge in [0.1, 0.15) is 5.82 Å². The second-order valence-electron chi connectivity index (χ2n) is 2.13. The summed E-state index contributed by atoms with van der Waals surface area (Å²) in [6.45, 7) is 0. The summed E-state index contributed by atoms with van der Waals surface area (Å²) in [4.78, 5) is 0. The highest BCUT2D eigenvalue weighted by atomic mass is 80.0. The van der Waals surface area contributed by atoms with Crippen molar-refractivity contribution in [2.75, 3.05) is 0 Å². The van der Waals surface area contributed by atoms with Crippen LogP contribution in [0.4, 0.5) is 4.39 Å². The molecule has 0 fully saturated rings. The molecular formula is C7H3Br4F. The Morgan fingerprint density at radius 2 is 1.75 bits per heavy atom. The smallest absolute Gasteiger partial charge is 0.159 e. The number of hydrogen-bond acceptors (Lipinski definition) is 0. The minimum absolute atomic E-state index is 0.282. The zero-order valence-corrected chi connectivity index (χ0v) is 12.0. The summed E-state index contributed by atoms with van der Waals surface area (Å²) in [6, 6.07) is 4.89. The molecule has 0 atom stereocenters. The summed E-state index contributed by atoms with van der Waals surface area (Å²) < 4.78 is 12.9. The van der Waals surface area contributed by atoms with Crippen molar-refractivity contribution >= 4 is 63.7 Å². The standard InChI is InChI=1S/C7H3Br4F/c8-5-2-1-4(3-6(5)12)7(9,10)11/h1-3H. The van der Waals surface area contributed by atoms with Gasteiger partial charge in [0.2, 0.25) is 0 Å². The molecule has 0 bridgehead atoms. The molecule has 0 aliphatic heterocycles. The summed E-state index contributed by atoms with van der Waals surface area (Å²) in [5.41, 5.74) is 0.767. The Morgan fingerprint density at radius 3 is 2.17 bits per heavy atom. The second-order valence-corrected chi connectivity index (χ2v) is 9.74. The fourth-order valence-corrected chi connectivity index (χ4v) is 1.66. The fraction of sp³-hybridized carbons (Fsp3) is 0.143. The second kappa shape index (κ2) is 4.07. The molecule has 5 heteroatoms. The van der Waals surface area contributed by atoms with Gasteiger partial charge in [-0.25, -0.2) is 4.39 Å². The van der Waals surface area contributed by atoms with Gasteiger partial charge in [-0.3, -0.25) is 0 Å². The van der Waals surface area contributed by atoms with E-state index in [1.165, 1.54) is 6.07 Å². The van der Waals surface area contributed by atoms with Gasteiger partial charge in [0.15, 0.2) is 2.14 Å². The fourth-order valence-electron chi connectivity index (χ4n) is 0.672. The summed E-state index contributed by atoms with van der Waals surface area (Å²) >= 11 is 13.0. The average molecular weight is 426 g/mol. The van der Waals surface area contributed by atoms with Crippen LogP contribution in [-0.2, 0) is 2.14 Å². The van der Waals surface area contributed by atoms with Crippen LogP contribution in [0.2, 0.25) is 0 Å².